The summed E-state index contributed by atoms with van der Waals surface area (Å²) in [7, 11) is 1.64. The lowest BCUT2D eigenvalue weighted by Gasteiger charge is -2.33. The van der Waals surface area contributed by atoms with Crippen molar-refractivity contribution in [2.24, 2.45) is 0 Å². The van der Waals surface area contributed by atoms with E-state index in [0.29, 0.717) is 17.9 Å². The lowest BCUT2D eigenvalue weighted by Crippen LogP contribution is -2.40. The first kappa shape index (κ1) is 15.8. The van der Waals surface area contributed by atoms with Gasteiger partial charge in [0.1, 0.15) is 5.75 Å². The molecule has 6 nitrogen and oxygen atoms in total. The fourth-order valence-electron chi connectivity index (χ4n) is 2.97. The summed E-state index contributed by atoms with van der Waals surface area (Å²) in [6, 6.07) is 8.77. The number of aromatic nitrogens is 2. The molecule has 2 aromatic rings. The summed E-state index contributed by atoms with van der Waals surface area (Å²) >= 11 is 0. The molecule has 0 amide bonds. The standard InChI is InChI=1S/C17H24N4O2/c1-13-6-3-4-10-21(13)11-9-18-17-19-16(20-23-17)14-7-5-8-15(12-14)22-2/h5,7-8,12-13H,3-4,6,9-11H2,1-2H3,(H,18,19,20). The smallest absolute Gasteiger partial charge is 0.321 e. The zero-order chi connectivity index (χ0) is 16.1. The topological polar surface area (TPSA) is 63.4 Å². The lowest BCUT2D eigenvalue weighted by molar-refractivity contribution is 0.167. The van der Waals surface area contributed by atoms with Gasteiger partial charge in [0.2, 0.25) is 5.82 Å². The molecular weight excluding hydrogens is 292 g/mol. The Morgan fingerprint density at radius 2 is 2.30 bits per heavy atom. The minimum Gasteiger partial charge on any atom is -0.497 e. The number of methoxy groups -OCH3 is 1. The van der Waals surface area contributed by atoms with Gasteiger partial charge in [-0.2, -0.15) is 4.98 Å². The lowest BCUT2D eigenvalue weighted by atomic mass is 10.0. The van der Waals surface area contributed by atoms with Crippen molar-refractivity contribution in [1.29, 1.82) is 0 Å². The molecule has 1 aromatic heterocycles. The van der Waals surface area contributed by atoms with Crippen LogP contribution in [0.3, 0.4) is 0 Å². The first-order valence-electron chi connectivity index (χ1n) is 8.22. The monoisotopic (exact) mass is 316 g/mol. The predicted octanol–water partition coefficient (Wildman–Crippen LogP) is 3.03. The Bertz CT molecular complexity index is 629. The molecule has 0 radical (unpaired) electrons. The first-order valence-corrected chi connectivity index (χ1v) is 8.22. The Hall–Kier alpha value is -2.08. The van der Waals surface area contributed by atoms with E-state index in [-0.39, 0.29) is 0 Å². The molecule has 1 atom stereocenters. The summed E-state index contributed by atoms with van der Waals surface area (Å²) in [5.74, 6) is 1.35. The maximum Gasteiger partial charge on any atom is 0.321 e. The van der Waals surface area contributed by atoms with E-state index < -0.39 is 0 Å². The summed E-state index contributed by atoms with van der Waals surface area (Å²) < 4.78 is 10.5. The van der Waals surface area contributed by atoms with Gasteiger partial charge in [-0.3, -0.25) is 4.90 Å². The van der Waals surface area contributed by atoms with Gasteiger partial charge in [0.05, 0.1) is 7.11 Å². The van der Waals surface area contributed by atoms with Crippen LogP contribution in [0.15, 0.2) is 28.8 Å². The van der Waals surface area contributed by atoms with E-state index in [1.807, 2.05) is 24.3 Å². The van der Waals surface area contributed by atoms with Crippen LogP contribution in [0.25, 0.3) is 11.4 Å². The van der Waals surface area contributed by atoms with Gasteiger partial charge in [-0.1, -0.05) is 23.7 Å². The van der Waals surface area contributed by atoms with E-state index in [1.165, 1.54) is 25.8 Å². The van der Waals surface area contributed by atoms with E-state index in [2.05, 4.69) is 27.3 Å². The number of rotatable bonds is 6. The van der Waals surface area contributed by atoms with E-state index in [0.717, 1.165) is 24.4 Å². The fourth-order valence-corrected chi connectivity index (χ4v) is 2.97. The maximum absolute atomic E-state index is 5.28. The second kappa shape index (κ2) is 7.46. The van der Waals surface area contributed by atoms with Gasteiger partial charge in [-0.05, 0) is 38.4 Å². The van der Waals surface area contributed by atoms with Gasteiger partial charge in [-0.25, -0.2) is 0 Å². The Labute approximate surface area is 136 Å². The molecule has 0 bridgehead atoms. The Kier molecular flexibility index (Phi) is 5.12. The van der Waals surface area contributed by atoms with Crippen LogP contribution in [0, 0.1) is 0 Å². The van der Waals surface area contributed by atoms with Crippen molar-refractivity contribution in [2.45, 2.75) is 32.2 Å². The highest BCUT2D eigenvalue weighted by molar-refractivity contribution is 5.57. The van der Waals surface area contributed by atoms with Crippen LogP contribution >= 0.6 is 0 Å². The molecule has 0 spiro atoms. The van der Waals surface area contributed by atoms with Crippen molar-refractivity contribution < 1.29 is 9.26 Å². The molecule has 1 aromatic carbocycles. The molecule has 23 heavy (non-hydrogen) atoms. The van der Waals surface area contributed by atoms with Gasteiger partial charge in [0.15, 0.2) is 0 Å². The average molecular weight is 316 g/mol. The second-order valence-electron chi connectivity index (χ2n) is 5.96. The zero-order valence-corrected chi connectivity index (χ0v) is 13.8. The number of hydrogen-bond acceptors (Lipinski definition) is 6. The summed E-state index contributed by atoms with van der Waals surface area (Å²) in [6.45, 7) is 5.29. The summed E-state index contributed by atoms with van der Waals surface area (Å²) in [5, 5.41) is 7.24. The average Bonchev–Trinajstić information content (AvgIpc) is 3.06. The number of hydrogen-bond donors (Lipinski definition) is 1. The van der Waals surface area contributed by atoms with Crippen molar-refractivity contribution in [2.75, 3.05) is 32.1 Å². The third-order valence-electron chi connectivity index (χ3n) is 4.37. The molecule has 1 aliphatic rings. The van der Waals surface area contributed by atoms with Crippen LogP contribution in [0.4, 0.5) is 6.01 Å². The molecule has 1 unspecified atom stereocenters. The van der Waals surface area contributed by atoms with Gasteiger partial charge in [0, 0.05) is 24.7 Å². The number of piperidine rings is 1. The van der Waals surface area contributed by atoms with Crippen LogP contribution in [0.5, 0.6) is 5.75 Å². The molecule has 0 saturated carbocycles. The normalized spacial score (nSPS) is 18.8. The Morgan fingerprint density at radius 3 is 3.13 bits per heavy atom. The SMILES string of the molecule is COc1cccc(-c2noc(NCCN3CCCCC3C)n2)c1. The van der Waals surface area contributed by atoms with E-state index in [9.17, 15) is 0 Å². The number of anilines is 1. The molecule has 124 valence electrons. The quantitative estimate of drug-likeness (QED) is 0.884. The van der Waals surface area contributed by atoms with Gasteiger partial charge >= 0.3 is 6.01 Å². The minimum atomic E-state index is 0.465. The van der Waals surface area contributed by atoms with Crippen LogP contribution in [-0.2, 0) is 0 Å². The van der Waals surface area contributed by atoms with E-state index in [1.54, 1.807) is 7.11 Å². The third kappa shape index (κ3) is 4.01. The zero-order valence-electron chi connectivity index (χ0n) is 13.8. The maximum atomic E-state index is 5.28. The van der Waals surface area contributed by atoms with Gasteiger partial charge in [0.25, 0.3) is 0 Å². The molecule has 0 aliphatic carbocycles. The van der Waals surface area contributed by atoms with Crippen LogP contribution in [0.1, 0.15) is 26.2 Å². The highest BCUT2D eigenvalue weighted by Crippen LogP contribution is 2.22. The highest BCUT2D eigenvalue weighted by Gasteiger charge is 2.17. The third-order valence-corrected chi connectivity index (χ3v) is 4.37. The number of benzene rings is 1. The van der Waals surface area contributed by atoms with Gasteiger partial charge < -0.3 is 14.6 Å². The Balaban J connectivity index is 1.54. The number of likely N-dealkylation sites (tertiary alicyclic amines) is 1. The highest BCUT2D eigenvalue weighted by atomic mass is 16.5. The number of ether oxygens (including phenoxy) is 1. The molecule has 1 saturated heterocycles. The molecular formula is C17H24N4O2. The molecule has 6 heteroatoms. The fraction of sp³-hybridized carbons (Fsp3) is 0.529. The summed E-state index contributed by atoms with van der Waals surface area (Å²) in [6.07, 6.45) is 3.93. The molecule has 1 N–H and O–H groups in total. The van der Waals surface area contributed by atoms with Crippen molar-refractivity contribution in [1.82, 2.24) is 15.0 Å². The molecule has 1 aliphatic heterocycles. The predicted molar refractivity (Wildman–Crippen MR) is 89.7 cm³/mol. The van der Waals surface area contributed by atoms with Crippen LogP contribution in [-0.4, -0.2) is 47.8 Å². The van der Waals surface area contributed by atoms with Crippen molar-refractivity contribution in [3.8, 4) is 17.1 Å². The molecule has 2 heterocycles. The second-order valence-corrected chi connectivity index (χ2v) is 5.96. The minimum absolute atomic E-state index is 0.465. The van der Waals surface area contributed by atoms with Gasteiger partial charge in [-0.15, -0.1) is 0 Å². The summed E-state index contributed by atoms with van der Waals surface area (Å²) in [4.78, 5) is 6.90. The van der Waals surface area contributed by atoms with E-state index >= 15 is 0 Å². The number of nitrogens with one attached hydrogen (secondary N) is 1. The summed E-state index contributed by atoms with van der Waals surface area (Å²) in [5.41, 5.74) is 0.880. The van der Waals surface area contributed by atoms with Crippen LogP contribution in [0.2, 0.25) is 0 Å². The van der Waals surface area contributed by atoms with Crippen molar-refractivity contribution >= 4 is 6.01 Å². The first-order chi connectivity index (χ1) is 11.3. The van der Waals surface area contributed by atoms with Crippen molar-refractivity contribution in [3.63, 3.8) is 0 Å². The Morgan fingerprint density at radius 1 is 1.39 bits per heavy atom. The molecule has 3 rings (SSSR count). The number of nitrogens with zero attached hydrogens (tertiary/aromatic N) is 3. The molecule has 1 fully saturated rings. The van der Waals surface area contributed by atoms with Crippen molar-refractivity contribution in [3.05, 3.63) is 24.3 Å². The largest absolute Gasteiger partial charge is 0.497 e. The van der Waals surface area contributed by atoms with E-state index in [4.69, 9.17) is 9.26 Å². The van der Waals surface area contributed by atoms with Crippen LogP contribution < -0.4 is 10.1 Å².